The summed E-state index contributed by atoms with van der Waals surface area (Å²) in [5.41, 5.74) is 27.9. The number of methoxy groups -OCH3 is 3. The number of carbonyl (C=O) groups excluding carboxylic acids is 4. The van der Waals surface area contributed by atoms with Crippen LogP contribution in [0.1, 0.15) is 162 Å². The summed E-state index contributed by atoms with van der Waals surface area (Å²) in [6.45, 7) is 0. The third kappa shape index (κ3) is 21.4. The molecule has 12 rings (SSSR count). The molecule has 29 heteroatoms. The largest absolute Gasteiger partial charge is 0.466 e. The van der Waals surface area contributed by atoms with Crippen LogP contribution in [-0.2, 0) is 86.1 Å². The number of allylic oxidation sites excluding steroid dienone is 3. The van der Waals surface area contributed by atoms with E-state index >= 15 is 0 Å². The molecule has 0 saturated carbocycles. The minimum Gasteiger partial charge on any atom is -0.466 e. The number of benzene rings is 3. The van der Waals surface area contributed by atoms with Crippen molar-refractivity contribution in [1.82, 2.24) is 19.9 Å². The zero-order valence-electron chi connectivity index (χ0n) is 63.0. The average Bonchev–Trinajstić information content (AvgIpc) is 0.776. The van der Waals surface area contributed by atoms with Gasteiger partial charge in [-0.15, -0.1) is 0 Å². The highest BCUT2D eigenvalue weighted by Crippen LogP contribution is 2.46. The van der Waals surface area contributed by atoms with Crippen molar-refractivity contribution in [2.24, 2.45) is 17.2 Å². The summed E-state index contributed by atoms with van der Waals surface area (Å²) in [5, 5.41) is 60.3. The smallest absolute Gasteiger partial charge is 0.338 e. The maximum absolute atomic E-state index is 13.6. The number of hydrogen-bond donors (Lipinski definition) is 3. The maximum atomic E-state index is 13.6. The first-order valence-corrected chi connectivity index (χ1v) is 39.3. The van der Waals surface area contributed by atoms with E-state index in [1.54, 1.807) is 14.1 Å². The number of rotatable bonds is 16. The van der Waals surface area contributed by atoms with Crippen LogP contribution in [-0.4, -0.2) is 96.9 Å². The van der Waals surface area contributed by atoms with Crippen molar-refractivity contribution in [2.75, 3.05) is 52.7 Å². The Hall–Kier alpha value is -12.0. The quantitative estimate of drug-likeness (QED) is 0.0350. The lowest BCUT2D eigenvalue weighted by molar-refractivity contribution is -0.137. The van der Waals surface area contributed by atoms with Gasteiger partial charge in [0.25, 0.3) is 0 Å². The van der Waals surface area contributed by atoms with Crippen molar-refractivity contribution in [3.63, 3.8) is 0 Å². The summed E-state index contributed by atoms with van der Waals surface area (Å²) in [5.74, 6) is -5.48. The van der Waals surface area contributed by atoms with E-state index in [4.69, 9.17) is 60.6 Å². The number of esters is 3. The number of nitrogens with zero attached hydrogens (tertiary/aromatic N) is 10. The SMILES string of the molecule is CN(C)C=O.COC(=O)C1=C(CSc2nc3c(cc2C#N)CCCCCC3)OC(N)=C(C#N)C1c1ccc(F)cc1.COC(=O)C1=C(CSc2nc3c(cc2C#N)CCCCCC3)OC(N)=C(C#N)C1c1ccc(F)cc1.COC(=O)C1=C(CSc2nc3c(cc2C#N)CCCCCC3)OC(N)=C(C#N)C1c1ccc(F)cc1. The summed E-state index contributed by atoms with van der Waals surface area (Å²) < 4.78 is 73.1. The Morgan fingerprint density at radius 3 is 0.885 bits per heavy atom. The third-order valence-corrected chi connectivity index (χ3v) is 22.2. The number of halogens is 3. The van der Waals surface area contributed by atoms with Gasteiger partial charge in [0.1, 0.15) is 103 Å². The fraction of sp³-hybridized carbons (Fsp3) is 0.345. The summed E-state index contributed by atoms with van der Waals surface area (Å²) in [6.07, 6.45) is 19.4. The molecule has 3 aliphatic carbocycles. The van der Waals surface area contributed by atoms with Crippen LogP contribution in [0.2, 0.25) is 0 Å². The van der Waals surface area contributed by atoms with Crippen LogP contribution in [0.5, 0.6) is 0 Å². The molecule has 3 atom stereocenters. The predicted octanol–water partition coefficient (Wildman–Crippen LogP) is 14.0. The molecule has 3 aromatic carbocycles. The first-order chi connectivity index (χ1) is 54.7. The van der Waals surface area contributed by atoms with E-state index in [2.05, 4.69) is 18.2 Å². The van der Waals surface area contributed by atoms with Crippen LogP contribution >= 0.6 is 35.3 Å². The Morgan fingerprint density at radius 2 is 0.673 bits per heavy atom. The van der Waals surface area contributed by atoms with Crippen LogP contribution in [0.4, 0.5) is 13.2 Å². The van der Waals surface area contributed by atoms with E-state index < -0.39 is 53.1 Å². The fourth-order valence-electron chi connectivity index (χ4n) is 13.6. The molecule has 0 spiro atoms. The average molecular weight is 1590 g/mol. The molecule has 23 nitrogen and oxygen atoms in total. The predicted molar refractivity (Wildman–Crippen MR) is 415 cm³/mol. The number of ether oxygens (including phenoxy) is 6. The number of aryl methyl sites for hydroxylation is 6. The second kappa shape index (κ2) is 41.3. The van der Waals surface area contributed by atoms with Crippen molar-refractivity contribution in [3.05, 3.63) is 244 Å². The molecule has 3 aliphatic heterocycles. The van der Waals surface area contributed by atoms with Gasteiger partial charge >= 0.3 is 17.9 Å². The van der Waals surface area contributed by atoms with E-state index in [0.717, 1.165) is 136 Å². The van der Waals surface area contributed by atoms with Crippen LogP contribution in [0.3, 0.4) is 0 Å². The van der Waals surface area contributed by atoms with Gasteiger partial charge in [-0.1, -0.05) is 110 Å². The highest BCUT2D eigenvalue weighted by atomic mass is 32.2. The molecule has 6 aromatic rings. The number of amides is 1. The number of aromatic nitrogens is 3. The van der Waals surface area contributed by atoms with Crippen molar-refractivity contribution >= 4 is 59.6 Å². The summed E-state index contributed by atoms with van der Waals surface area (Å²) in [6, 6.07) is 35.0. The van der Waals surface area contributed by atoms with Gasteiger partial charge in [0.05, 0.1) is 89.8 Å². The van der Waals surface area contributed by atoms with Gasteiger partial charge in [0.15, 0.2) is 0 Å². The minimum atomic E-state index is -0.883. The van der Waals surface area contributed by atoms with Crippen molar-refractivity contribution in [2.45, 2.75) is 148 Å². The van der Waals surface area contributed by atoms with E-state index in [1.165, 1.54) is 154 Å². The first-order valence-electron chi connectivity index (χ1n) is 36.4. The summed E-state index contributed by atoms with van der Waals surface area (Å²) in [4.78, 5) is 64.0. The number of nitrogens with two attached hydrogens (primary N) is 3. The number of hydrogen-bond acceptors (Lipinski definition) is 25. The molecule has 582 valence electrons. The number of fused-ring (bicyclic) bond motifs is 3. The first kappa shape index (κ1) is 85.0. The van der Waals surface area contributed by atoms with Crippen LogP contribution < -0.4 is 17.2 Å². The monoisotopic (exact) mass is 1590 g/mol. The van der Waals surface area contributed by atoms with Crippen LogP contribution in [0.25, 0.3) is 0 Å². The number of thioether (sulfide) groups is 3. The van der Waals surface area contributed by atoms with Crippen molar-refractivity contribution in [3.8, 4) is 36.4 Å². The molecule has 0 bridgehead atoms. The van der Waals surface area contributed by atoms with Gasteiger partial charge in [0.2, 0.25) is 24.1 Å². The van der Waals surface area contributed by atoms with Gasteiger partial charge in [0, 0.05) is 31.2 Å². The number of pyridine rings is 3. The highest BCUT2D eigenvalue weighted by Gasteiger charge is 2.41. The fourth-order valence-corrected chi connectivity index (χ4v) is 16.4. The normalized spacial score (nSPS) is 17.2. The van der Waals surface area contributed by atoms with E-state index in [0.29, 0.717) is 48.5 Å². The molecule has 6 aliphatic rings. The van der Waals surface area contributed by atoms with Gasteiger partial charge in [-0.2, -0.15) is 31.6 Å². The van der Waals surface area contributed by atoms with Crippen molar-refractivity contribution in [1.29, 1.82) is 31.6 Å². The molecular weight excluding hydrogens is 1500 g/mol. The van der Waals surface area contributed by atoms with E-state index in [9.17, 15) is 63.9 Å². The molecule has 6 N–H and O–H groups in total. The van der Waals surface area contributed by atoms with Gasteiger partial charge in [-0.3, -0.25) is 4.79 Å². The Morgan fingerprint density at radius 1 is 0.434 bits per heavy atom. The van der Waals surface area contributed by atoms with Gasteiger partial charge in [-0.25, -0.2) is 42.5 Å². The minimum absolute atomic E-state index is 0.0349. The molecule has 6 heterocycles. The van der Waals surface area contributed by atoms with E-state index in [-0.39, 0.29) is 85.6 Å². The lowest BCUT2D eigenvalue weighted by Crippen LogP contribution is -2.26. The third-order valence-electron chi connectivity index (χ3n) is 19.2. The zero-order chi connectivity index (χ0) is 81.3. The standard InChI is InChI=1S/3C27H25FN4O3S.C3H7NO/c3*1-34-27(33)24-22(35-25(31)20(14-30)23(24)16-8-10-19(28)11-9-16)15-36-26-18(13-29)12-17-6-4-2-3-5-7-21(17)32-26;1-4(2)3-5/h3*8-12,23H,2-7,15,31H2,1H3;3H,1-2H3. The molecule has 0 fully saturated rings. The second-order valence-corrected chi connectivity index (χ2v) is 29.7. The highest BCUT2D eigenvalue weighted by molar-refractivity contribution is 7.99. The topological polar surface area (TPSA) is 386 Å². The second-order valence-electron chi connectivity index (χ2n) is 26.8. The number of nitriles is 6. The molecule has 0 radical (unpaired) electrons. The molecule has 3 unspecified atom stereocenters. The van der Waals surface area contributed by atoms with Crippen LogP contribution in [0.15, 0.2) is 174 Å². The van der Waals surface area contributed by atoms with Crippen LogP contribution in [0, 0.1) is 85.4 Å². The van der Waals surface area contributed by atoms with Gasteiger partial charge in [-0.05, 0) is 165 Å². The Kier molecular flexibility index (Phi) is 31.1. The summed E-state index contributed by atoms with van der Waals surface area (Å²) >= 11 is 3.78. The lowest BCUT2D eigenvalue weighted by Gasteiger charge is -2.28. The Labute approximate surface area is 666 Å². The van der Waals surface area contributed by atoms with Gasteiger partial charge < -0.3 is 50.5 Å². The molecule has 1 amide bonds. The number of carbonyl (C=O) groups is 4. The zero-order valence-corrected chi connectivity index (χ0v) is 65.4. The van der Waals surface area contributed by atoms with Crippen molar-refractivity contribution < 1.29 is 60.8 Å². The molecule has 113 heavy (non-hydrogen) atoms. The molecule has 0 saturated heterocycles. The maximum Gasteiger partial charge on any atom is 0.338 e. The Bertz CT molecular complexity index is 4570. The van der Waals surface area contributed by atoms with E-state index in [1.807, 2.05) is 36.4 Å². The Balaban J connectivity index is 0.000000188. The molecule has 3 aromatic heterocycles. The molecular formula is C84H82F3N13O10S3. The summed E-state index contributed by atoms with van der Waals surface area (Å²) in [7, 11) is 7.08. The lowest BCUT2D eigenvalue weighted by atomic mass is 9.83.